The van der Waals surface area contributed by atoms with Gasteiger partial charge in [-0.05, 0) is 42.0 Å². The third-order valence-corrected chi connectivity index (χ3v) is 6.48. The molecule has 0 saturated carbocycles. The molecule has 142 valence electrons. The molecule has 3 N–H and O–H groups in total. The van der Waals surface area contributed by atoms with Crippen LogP contribution in [0.3, 0.4) is 0 Å². The van der Waals surface area contributed by atoms with Gasteiger partial charge in [-0.25, -0.2) is 4.79 Å². The summed E-state index contributed by atoms with van der Waals surface area (Å²) in [6, 6.07) is 15.2. The van der Waals surface area contributed by atoms with Crippen LogP contribution in [0.4, 0.5) is 5.69 Å². The maximum atomic E-state index is 12.6. The van der Waals surface area contributed by atoms with Crippen LogP contribution in [0.2, 0.25) is 0 Å². The quantitative estimate of drug-likeness (QED) is 0.495. The van der Waals surface area contributed by atoms with Gasteiger partial charge >= 0.3 is 5.97 Å². The summed E-state index contributed by atoms with van der Waals surface area (Å²) in [6.07, 6.45) is 3.69. The number of carboxylic acid groups (broad SMARTS) is 1. The summed E-state index contributed by atoms with van der Waals surface area (Å²) in [7, 11) is -3.60. The molecule has 5 nitrogen and oxygen atoms in total. The van der Waals surface area contributed by atoms with E-state index >= 15 is 0 Å². The van der Waals surface area contributed by atoms with Crippen LogP contribution in [0.5, 0.6) is 0 Å². The highest BCUT2D eigenvalue weighted by Crippen LogP contribution is 2.43. The summed E-state index contributed by atoms with van der Waals surface area (Å²) in [5, 5.41) is 12.9. The molecule has 2 aromatic carbocycles. The number of fused-ring (bicyclic) bond motifs is 1. The highest BCUT2D eigenvalue weighted by Gasteiger charge is 2.24. The Bertz CT molecular complexity index is 892. The molecule has 0 radical (unpaired) electrons. The lowest BCUT2D eigenvalue weighted by Crippen LogP contribution is -2.13. The first-order chi connectivity index (χ1) is 12.9. The van der Waals surface area contributed by atoms with Gasteiger partial charge in [0.1, 0.15) is 0 Å². The molecule has 3 rings (SSSR count). The molecular weight excluding hydrogens is 361 g/mol. The van der Waals surface area contributed by atoms with Crippen molar-refractivity contribution in [3.8, 4) is 0 Å². The second kappa shape index (κ2) is 8.55. The van der Waals surface area contributed by atoms with E-state index in [0.717, 1.165) is 41.8 Å². The van der Waals surface area contributed by atoms with Crippen molar-refractivity contribution in [1.82, 2.24) is 0 Å². The Kier molecular flexibility index (Phi) is 6.15. The van der Waals surface area contributed by atoms with Gasteiger partial charge in [0.05, 0.1) is 6.16 Å². The van der Waals surface area contributed by atoms with E-state index in [1.165, 1.54) is 6.08 Å². The zero-order chi connectivity index (χ0) is 19.3. The third kappa shape index (κ3) is 5.31. The molecule has 0 aromatic heterocycles. The lowest BCUT2D eigenvalue weighted by molar-refractivity contribution is -0.132. The van der Waals surface area contributed by atoms with Gasteiger partial charge in [-0.2, -0.15) is 0 Å². The van der Waals surface area contributed by atoms with Gasteiger partial charge in [0.2, 0.25) is 7.37 Å². The summed E-state index contributed by atoms with van der Waals surface area (Å²) >= 11 is 0. The molecule has 0 spiro atoms. The molecule has 27 heavy (non-hydrogen) atoms. The fourth-order valence-electron chi connectivity index (χ4n) is 3.31. The molecule has 6 heteroatoms. The molecule has 1 aliphatic rings. The van der Waals surface area contributed by atoms with Crippen molar-refractivity contribution in [1.29, 1.82) is 0 Å². The van der Waals surface area contributed by atoms with E-state index in [0.29, 0.717) is 6.42 Å². The number of carbonyl (C=O) groups is 1. The van der Waals surface area contributed by atoms with Crippen LogP contribution < -0.4 is 5.32 Å². The van der Waals surface area contributed by atoms with E-state index in [1.54, 1.807) is 0 Å². The molecule has 1 aliphatic heterocycles. The second-order valence-corrected chi connectivity index (χ2v) is 9.31. The zero-order valence-corrected chi connectivity index (χ0v) is 16.0. The van der Waals surface area contributed by atoms with Crippen molar-refractivity contribution in [2.24, 2.45) is 0 Å². The highest BCUT2D eigenvalue weighted by molar-refractivity contribution is 7.58. The molecule has 1 unspecified atom stereocenters. The van der Waals surface area contributed by atoms with Crippen LogP contribution >= 0.6 is 7.37 Å². The molecule has 1 heterocycles. The second-order valence-electron chi connectivity index (χ2n) is 6.85. The number of hydrogen-bond donors (Lipinski definition) is 3. The fraction of sp³-hybridized carbons (Fsp3) is 0.286. The van der Waals surface area contributed by atoms with Crippen LogP contribution in [0.15, 0.2) is 54.1 Å². The summed E-state index contributed by atoms with van der Waals surface area (Å²) in [4.78, 5) is 22.1. The van der Waals surface area contributed by atoms with E-state index in [9.17, 15) is 19.4 Å². The van der Waals surface area contributed by atoms with Crippen molar-refractivity contribution >= 4 is 25.1 Å². The fourth-order valence-corrected chi connectivity index (χ4v) is 4.84. The molecule has 0 amide bonds. The zero-order valence-electron chi connectivity index (χ0n) is 15.1. The molecular formula is C21H24NO4P. The number of hydrogen-bond acceptors (Lipinski definition) is 3. The van der Waals surface area contributed by atoms with Gasteiger partial charge in [0.15, 0.2) is 0 Å². The van der Waals surface area contributed by atoms with E-state index < -0.39 is 13.3 Å². The first-order valence-electron chi connectivity index (χ1n) is 9.09. The summed E-state index contributed by atoms with van der Waals surface area (Å²) in [5.74, 6) is -1.16. The van der Waals surface area contributed by atoms with Crippen molar-refractivity contribution in [3.63, 3.8) is 0 Å². The average Bonchev–Trinajstić information content (AvgIpc) is 2.67. The Balaban J connectivity index is 1.78. The van der Waals surface area contributed by atoms with Gasteiger partial charge in [-0.3, -0.25) is 4.57 Å². The number of aliphatic carboxylic acids is 1. The van der Waals surface area contributed by atoms with Gasteiger partial charge in [-0.15, -0.1) is 0 Å². The minimum absolute atomic E-state index is 0.0327. The standard InChI is InChI=1S/C21H24NO4P/c23-21(24)19(14-18-9-4-8-17-10-5-12-22-20(17)18)15-27(25,26)13-11-16-6-2-1-3-7-16/h1-4,6-9,14,22H,5,10-13,15H2,(H,23,24)(H,25,26). The number of benzene rings is 2. The largest absolute Gasteiger partial charge is 0.478 e. The molecule has 1 atom stereocenters. The Hall–Kier alpha value is -2.36. The predicted octanol–water partition coefficient (Wildman–Crippen LogP) is 4.03. The van der Waals surface area contributed by atoms with E-state index in [-0.39, 0.29) is 17.9 Å². The van der Waals surface area contributed by atoms with Crippen molar-refractivity contribution < 1.29 is 19.4 Å². The SMILES string of the molecule is O=C(O)C(=Cc1cccc2c1NCCC2)CP(=O)(O)CCc1ccccc1. The van der Waals surface area contributed by atoms with Crippen molar-refractivity contribution in [2.75, 3.05) is 24.2 Å². The van der Waals surface area contributed by atoms with E-state index in [2.05, 4.69) is 5.32 Å². The molecule has 0 aliphatic carbocycles. The first kappa shape index (κ1) is 19.4. The number of carboxylic acids is 1. The normalized spacial score (nSPS) is 16.1. The van der Waals surface area contributed by atoms with Crippen LogP contribution in [0, 0.1) is 0 Å². The Morgan fingerprint density at radius 1 is 1.15 bits per heavy atom. The monoisotopic (exact) mass is 385 g/mol. The van der Waals surface area contributed by atoms with Crippen molar-refractivity contribution in [2.45, 2.75) is 19.3 Å². The lowest BCUT2D eigenvalue weighted by Gasteiger charge is -2.20. The molecule has 0 saturated heterocycles. The Morgan fingerprint density at radius 2 is 1.93 bits per heavy atom. The van der Waals surface area contributed by atoms with Gasteiger partial charge in [0, 0.05) is 24.0 Å². The van der Waals surface area contributed by atoms with Crippen LogP contribution in [0.25, 0.3) is 6.08 Å². The first-order valence-corrected chi connectivity index (χ1v) is 11.1. The van der Waals surface area contributed by atoms with Crippen LogP contribution in [0.1, 0.15) is 23.1 Å². The van der Waals surface area contributed by atoms with Crippen LogP contribution in [-0.2, 0) is 22.2 Å². The minimum atomic E-state index is -3.60. The molecule has 2 aromatic rings. The van der Waals surface area contributed by atoms with E-state index in [1.807, 2.05) is 48.5 Å². The van der Waals surface area contributed by atoms with Gasteiger partial charge in [-0.1, -0.05) is 48.5 Å². The summed E-state index contributed by atoms with van der Waals surface area (Å²) in [5.41, 5.74) is 3.77. The highest BCUT2D eigenvalue weighted by atomic mass is 31.2. The maximum absolute atomic E-state index is 12.6. The third-order valence-electron chi connectivity index (χ3n) is 4.72. The molecule has 0 bridgehead atoms. The molecule has 0 fully saturated rings. The average molecular weight is 385 g/mol. The maximum Gasteiger partial charge on any atom is 0.332 e. The number of anilines is 1. The van der Waals surface area contributed by atoms with Crippen LogP contribution in [-0.4, -0.2) is 34.8 Å². The number of rotatable bonds is 7. The number of para-hydroxylation sites is 1. The van der Waals surface area contributed by atoms with E-state index in [4.69, 9.17) is 0 Å². The summed E-state index contributed by atoms with van der Waals surface area (Å²) < 4.78 is 12.6. The predicted molar refractivity (Wildman–Crippen MR) is 109 cm³/mol. The smallest absolute Gasteiger partial charge is 0.332 e. The topological polar surface area (TPSA) is 86.6 Å². The summed E-state index contributed by atoms with van der Waals surface area (Å²) in [6.45, 7) is 0.843. The van der Waals surface area contributed by atoms with Gasteiger partial charge in [0.25, 0.3) is 0 Å². The minimum Gasteiger partial charge on any atom is -0.478 e. The van der Waals surface area contributed by atoms with Gasteiger partial charge < -0.3 is 15.3 Å². The number of aryl methyl sites for hydroxylation is 2. The Morgan fingerprint density at radius 3 is 2.67 bits per heavy atom. The lowest BCUT2D eigenvalue weighted by atomic mass is 9.98. The Labute approximate surface area is 159 Å². The number of nitrogens with one attached hydrogen (secondary N) is 1. The van der Waals surface area contributed by atoms with Crippen molar-refractivity contribution in [3.05, 3.63) is 70.8 Å².